The van der Waals surface area contributed by atoms with E-state index in [1.807, 2.05) is 6.08 Å². The molecule has 0 radical (unpaired) electrons. The molecule has 0 aromatic rings. The SMILES string of the molecule is OC1(Cl)C=CC(CCl)=CC1. The smallest absolute Gasteiger partial charge is 0.161 e. The van der Waals surface area contributed by atoms with E-state index in [0.717, 1.165) is 5.57 Å². The van der Waals surface area contributed by atoms with E-state index in [9.17, 15) is 5.11 Å². The first-order valence-electron chi connectivity index (χ1n) is 2.99. The monoisotopic (exact) mass is 178 g/mol. The highest BCUT2D eigenvalue weighted by Crippen LogP contribution is 2.24. The van der Waals surface area contributed by atoms with Gasteiger partial charge < -0.3 is 5.11 Å². The zero-order valence-corrected chi connectivity index (χ0v) is 6.86. The second-order valence-electron chi connectivity index (χ2n) is 2.27. The molecule has 1 unspecified atom stereocenters. The molecule has 0 saturated carbocycles. The summed E-state index contributed by atoms with van der Waals surface area (Å²) in [6.45, 7) is 0. The van der Waals surface area contributed by atoms with Crippen molar-refractivity contribution in [2.24, 2.45) is 0 Å². The average molecular weight is 179 g/mol. The summed E-state index contributed by atoms with van der Waals surface area (Å²) in [6.07, 6.45) is 5.56. The Kier molecular flexibility index (Phi) is 2.40. The van der Waals surface area contributed by atoms with E-state index in [4.69, 9.17) is 23.2 Å². The quantitative estimate of drug-likeness (QED) is 0.610. The molecule has 0 heterocycles. The number of aliphatic hydroxyl groups is 1. The Hall–Kier alpha value is 0.0200. The van der Waals surface area contributed by atoms with Crippen LogP contribution in [0.4, 0.5) is 0 Å². The van der Waals surface area contributed by atoms with E-state index in [-0.39, 0.29) is 0 Å². The third kappa shape index (κ3) is 2.01. The summed E-state index contributed by atoms with van der Waals surface area (Å²) in [7, 11) is 0. The van der Waals surface area contributed by atoms with Crippen molar-refractivity contribution in [3.05, 3.63) is 23.8 Å². The molecule has 0 aromatic heterocycles. The summed E-state index contributed by atoms with van der Waals surface area (Å²) in [5.41, 5.74) is 1.01. The van der Waals surface area contributed by atoms with Crippen molar-refractivity contribution in [1.29, 1.82) is 0 Å². The first kappa shape index (κ1) is 8.12. The maximum Gasteiger partial charge on any atom is 0.161 e. The van der Waals surface area contributed by atoms with Crippen LogP contribution in [0, 0.1) is 0 Å². The van der Waals surface area contributed by atoms with Crippen LogP contribution in [-0.4, -0.2) is 16.0 Å². The molecule has 0 aliphatic heterocycles. The van der Waals surface area contributed by atoms with Gasteiger partial charge in [0.2, 0.25) is 0 Å². The molecular formula is C7H8Cl2O. The van der Waals surface area contributed by atoms with Crippen LogP contribution in [0.25, 0.3) is 0 Å². The lowest BCUT2D eigenvalue weighted by Gasteiger charge is -2.17. The molecule has 1 N–H and O–H groups in total. The number of rotatable bonds is 1. The summed E-state index contributed by atoms with van der Waals surface area (Å²) in [4.78, 5) is 0. The van der Waals surface area contributed by atoms with Crippen LogP contribution in [0.1, 0.15) is 6.42 Å². The largest absolute Gasteiger partial charge is 0.371 e. The zero-order chi connectivity index (χ0) is 7.61. The van der Waals surface area contributed by atoms with Crippen LogP contribution in [0.3, 0.4) is 0 Å². The van der Waals surface area contributed by atoms with E-state index in [1.54, 1.807) is 12.2 Å². The lowest BCUT2D eigenvalue weighted by Crippen LogP contribution is -2.18. The highest BCUT2D eigenvalue weighted by molar-refractivity contribution is 6.24. The van der Waals surface area contributed by atoms with Gasteiger partial charge in [-0.1, -0.05) is 23.8 Å². The van der Waals surface area contributed by atoms with Gasteiger partial charge in [0.15, 0.2) is 5.06 Å². The molecule has 56 valence electrons. The van der Waals surface area contributed by atoms with Gasteiger partial charge in [-0.25, -0.2) is 0 Å². The minimum atomic E-state index is -1.18. The molecule has 0 saturated heterocycles. The Balaban J connectivity index is 2.63. The minimum absolute atomic E-state index is 0.438. The first-order valence-corrected chi connectivity index (χ1v) is 3.91. The fourth-order valence-corrected chi connectivity index (χ4v) is 1.08. The van der Waals surface area contributed by atoms with Gasteiger partial charge in [-0.3, -0.25) is 0 Å². The molecule has 3 heteroatoms. The Bertz CT molecular complexity index is 182. The van der Waals surface area contributed by atoms with E-state index < -0.39 is 5.06 Å². The average Bonchev–Trinajstić information content (AvgIpc) is 1.88. The van der Waals surface area contributed by atoms with Crippen LogP contribution in [-0.2, 0) is 0 Å². The van der Waals surface area contributed by atoms with Gasteiger partial charge in [-0.15, -0.1) is 11.6 Å². The van der Waals surface area contributed by atoms with E-state index in [1.165, 1.54) is 0 Å². The van der Waals surface area contributed by atoms with Gasteiger partial charge in [0, 0.05) is 12.3 Å². The van der Waals surface area contributed by atoms with E-state index >= 15 is 0 Å². The summed E-state index contributed by atoms with van der Waals surface area (Å²) in [5.74, 6) is 0.476. The predicted molar refractivity (Wildman–Crippen MR) is 43.4 cm³/mol. The summed E-state index contributed by atoms with van der Waals surface area (Å²) in [6, 6.07) is 0. The Morgan fingerprint density at radius 2 is 2.40 bits per heavy atom. The highest BCUT2D eigenvalue weighted by atomic mass is 35.5. The number of hydrogen-bond acceptors (Lipinski definition) is 1. The van der Waals surface area contributed by atoms with Gasteiger partial charge in [-0.05, 0) is 11.6 Å². The molecule has 0 fully saturated rings. The molecule has 1 nitrogen and oxygen atoms in total. The van der Waals surface area contributed by atoms with Gasteiger partial charge in [0.1, 0.15) is 0 Å². The van der Waals surface area contributed by atoms with Crippen molar-refractivity contribution in [2.45, 2.75) is 11.5 Å². The third-order valence-electron chi connectivity index (χ3n) is 1.36. The van der Waals surface area contributed by atoms with Crippen LogP contribution in [0.2, 0.25) is 0 Å². The predicted octanol–water partition coefficient (Wildman–Crippen LogP) is 2.04. The van der Waals surface area contributed by atoms with Gasteiger partial charge in [0.25, 0.3) is 0 Å². The maximum atomic E-state index is 9.18. The number of alkyl halides is 2. The standard InChI is InChI=1S/C7H8Cl2O/c8-5-6-1-3-7(9,10)4-2-6/h1-3,10H,4-5H2. The molecule has 0 spiro atoms. The van der Waals surface area contributed by atoms with Gasteiger partial charge in [0.05, 0.1) is 0 Å². The number of halogens is 2. The number of allylic oxidation sites excluding steroid dienone is 2. The Morgan fingerprint density at radius 1 is 1.70 bits per heavy atom. The van der Waals surface area contributed by atoms with Crippen LogP contribution >= 0.6 is 23.2 Å². The lowest BCUT2D eigenvalue weighted by atomic mass is 10.1. The lowest BCUT2D eigenvalue weighted by molar-refractivity contribution is 0.181. The fraction of sp³-hybridized carbons (Fsp3) is 0.429. The van der Waals surface area contributed by atoms with Crippen molar-refractivity contribution in [3.8, 4) is 0 Å². The van der Waals surface area contributed by atoms with E-state index in [0.29, 0.717) is 12.3 Å². The van der Waals surface area contributed by atoms with Crippen LogP contribution in [0.5, 0.6) is 0 Å². The summed E-state index contributed by atoms with van der Waals surface area (Å²) in [5, 5.41) is 7.99. The molecule has 1 aliphatic rings. The first-order chi connectivity index (χ1) is 4.64. The number of hydrogen-bond donors (Lipinski definition) is 1. The molecule has 1 atom stereocenters. The fourth-order valence-electron chi connectivity index (χ4n) is 0.744. The Labute approximate surface area is 69.9 Å². The third-order valence-corrected chi connectivity index (χ3v) is 1.95. The molecule has 10 heavy (non-hydrogen) atoms. The van der Waals surface area contributed by atoms with Crippen molar-refractivity contribution in [1.82, 2.24) is 0 Å². The maximum absolute atomic E-state index is 9.18. The molecule has 0 bridgehead atoms. The van der Waals surface area contributed by atoms with Crippen molar-refractivity contribution >= 4 is 23.2 Å². The highest BCUT2D eigenvalue weighted by Gasteiger charge is 2.20. The molecular weight excluding hydrogens is 171 g/mol. The van der Waals surface area contributed by atoms with Crippen molar-refractivity contribution in [3.63, 3.8) is 0 Å². The molecule has 0 aromatic carbocycles. The molecule has 0 amide bonds. The minimum Gasteiger partial charge on any atom is -0.371 e. The summed E-state index contributed by atoms with van der Waals surface area (Å²) < 4.78 is 0. The molecule has 1 rings (SSSR count). The van der Waals surface area contributed by atoms with Crippen molar-refractivity contribution < 1.29 is 5.11 Å². The van der Waals surface area contributed by atoms with E-state index in [2.05, 4.69) is 0 Å². The summed E-state index contributed by atoms with van der Waals surface area (Å²) >= 11 is 11.1. The van der Waals surface area contributed by atoms with Crippen molar-refractivity contribution in [2.75, 3.05) is 5.88 Å². The van der Waals surface area contributed by atoms with Gasteiger partial charge in [-0.2, -0.15) is 0 Å². The normalized spacial score (nSPS) is 32.1. The second kappa shape index (κ2) is 2.95. The zero-order valence-electron chi connectivity index (χ0n) is 5.35. The Morgan fingerprint density at radius 3 is 2.80 bits per heavy atom. The van der Waals surface area contributed by atoms with Crippen LogP contribution < -0.4 is 0 Å². The molecule has 1 aliphatic carbocycles. The van der Waals surface area contributed by atoms with Gasteiger partial charge >= 0.3 is 0 Å². The van der Waals surface area contributed by atoms with Crippen LogP contribution in [0.15, 0.2) is 23.8 Å². The second-order valence-corrected chi connectivity index (χ2v) is 3.19. The topological polar surface area (TPSA) is 20.2 Å².